The van der Waals surface area contributed by atoms with Gasteiger partial charge in [-0.3, -0.25) is 0 Å². The van der Waals surface area contributed by atoms with Gasteiger partial charge >= 0.3 is 0 Å². The van der Waals surface area contributed by atoms with Crippen LogP contribution in [0, 0.1) is 5.82 Å². The lowest BCUT2D eigenvalue weighted by atomic mass is 10.1. The van der Waals surface area contributed by atoms with Crippen LogP contribution in [-0.2, 0) is 0 Å². The highest BCUT2D eigenvalue weighted by Crippen LogP contribution is 2.29. The molecule has 0 aliphatic rings. The van der Waals surface area contributed by atoms with E-state index in [-0.39, 0.29) is 18.2 Å². The van der Waals surface area contributed by atoms with Crippen LogP contribution in [0.25, 0.3) is 0 Å². The van der Waals surface area contributed by atoms with Crippen LogP contribution in [0.5, 0.6) is 11.5 Å². The first kappa shape index (κ1) is 17.2. The Morgan fingerprint density at radius 2 is 1.83 bits per heavy atom. The fourth-order valence-corrected chi connectivity index (χ4v) is 2.43. The van der Waals surface area contributed by atoms with Gasteiger partial charge < -0.3 is 19.9 Å². The van der Waals surface area contributed by atoms with Gasteiger partial charge in [-0.05, 0) is 19.1 Å². The molecular formula is C18H22FNO3. The number of rotatable bonds is 7. The number of aliphatic hydroxyl groups is 1. The SMILES string of the molecule is COc1ccc(C(C)NCC(O)c2ccccc2F)c(OC)c1. The van der Waals surface area contributed by atoms with E-state index < -0.39 is 11.9 Å². The lowest BCUT2D eigenvalue weighted by Crippen LogP contribution is -2.25. The maximum atomic E-state index is 13.7. The number of benzene rings is 2. The molecule has 2 unspecified atom stereocenters. The fourth-order valence-electron chi connectivity index (χ4n) is 2.43. The molecule has 2 atom stereocenters. The van der Waals surface area contributed by atoms with Gasteiger partial charge in [0.25, 0.3) is 0 Å². The van der Waals surface area contributed by atoms with Crippen molar-refractivity contribution in [2.45, 2.75) is 19.1 Å². The molecule has 0 spiro atoms. The number of halogens is 1. The van der Waals surface area contributed by atoms with Gasteiger partial charge in [0.05, 0.1) is 20.3 Å². The summed E-state index contributed by atoms with van der Waals surface area (Å²) in [5, 5.41) is 13.4. The van der Waals surface area contributed by atoms with Crippen molar-refractivity contribution in [1.29, 1.82) is 0 Å². The summed E-state index contributed by atoms with van der Waals surface area (Å²) in [7, 11) is 3.19. The molecule has 2 N–H and O–H groups in total. The molecule has 2 rings (SSSR count). The van der Waals surface area contributed by atoms with E-state index in [0.717, 1.165) is 5.56 Å². The molecule has 0 saturated heterocycles. The Morgan fingerprint density at radius 1 is 1.09 bits per heavy atom. The van der Waals surface area contributed by atoms with E-state index in [0.29, 0.717) is 11.5 Å². The summed E-state index contributed by atoms with van der Waals surface area (Å²) in [6.45, 7) is 2.19. The van der Waals surface area contributed by atoms with Gasteiger partial charge in [-0.1, -0.05) is 24.3 Å². The number of methoxy groups -OCH3 is 2. The number of hydrogen-bond donors (Lipinski definition) is 2. The van der Waals surface area contributed by atoms with Crippen LogP contribution in [-0.4, -0.2) is 25.9 Å². The molecule has 2 aromatic carbocycles. The molecule has 4 nitrogen and oxygen atoms in total. The third-order valence-electron chi connectivity index (χ3n) is 3.79. The van der Waals surface area contributed by atoms with Crippen molar-refractivity contribution < 1.29 is 19.0 Å². The molecule has 0 amide bonds. The predicted octanol–water partition coefficient (Wildman–Crippen LogP) is 3.23. The van der Waals surface area contributed by atoms with E-state index in [9.17, 15) is 9.50 Å². The number of ether oxygens (including phenoxy) is 2. The van der Waals surface area contributed by atoms with E-state index in [4.69, 9.17) is 9.47 Å². The summed E-state index contributed by atoms with van der Waals surface area (Å²) in [6.07, 6.45) is -0.914. The molecule has 2 aromatic rings. The zero-order valence-electron chi connectivity index (χ0n) is 13.5. The summed E-state index contributed by atoms with van der Waals surface area (Å²) in [5.74, 6) is 1.01. The van der Waals surface area contributed by atoms with Crippen LogP contribution in [0.15, 0.2) is 42.5 Å². The lowest BCUT2D eigenvalue weighted by Gasteiger charge is -2.20. The minimum Gasteiger partial charge on any atom is -0.497 e. The van der Waals surface area contributed by atoms with Crippen LogP contribution in [0.3, 0.4) is 0 Å². The van der Waals surface area contributed by atoms with Gasteiger partial charge in [0.1, 0.15) is 17.3 Å². The van der Waals surface area contributed by atoms with E-state index in [2.05, 4.69) is 5.32 Å². The molecule has 0 fully saturated rings. The van der Waals surface area contributed by atoms with Gasteiger partial charge in [-0.25, -0.2) is 4.39 Å². The van der Waals surface area contributed by atoms with Gasteiger partial charge in [0.15, 0.2) is 0 Å². The molecule has 0 heterocycles. The Labute approximate surface area is 135 Å². The van der Waals surface area contributed by atoms with Gasteiger partial charge in [-0.15, -0.1) is 0 Å². The average Bonchev–Trinajstić information content (AvgIpc) is 2.59. The van der Waals surface area contributed by atoms with Crippen molar-refractivity contribution in [2.24, 2.45) is 0 Å². The minimum atomic E-state index is -0.914. The Balaban J connectivity index is 2.05. The summed E-state index contributed by atoms with van der Waals surface area (Å²) in [4.78, 5) is 0. The molecule has 23 heavy (non-hydrogen) atoms. The number of hydrogen-bond acceptors (Lipinski definition) is 4. The van der Waals surface area contributed by atoms with Crippen molar-refractivity contribution in [3.8, 4) is 11.5 Å². The molecule has 5 heteroatoms. The highest BCUT2D eigenvalue weighted by molar-refractivity contribution is 5.42. The largest absolute Gasteiger partial charge is 0.497 e. The van der Waals surface area contributed by atoms with Crippen molar-refractivity contribution in [1.82, 2.24) is 5.32 Å². The fraction of sp³-hybridized carbons (Fsp3) is 0.333. The first-order valence-corrected chi connectivity index (χ1v) is 7.44. The molecule has 0 radical (unpaired) electrons. The van der Waals surface area contributed by atoms with E-state index in [1.54, 1.807) is 38.5 Å². The van der Waals surface area contributed by atoms with Crippen molar-refractivity contribution in [3.63, 3.8) is 0 Å². The van der Waals surface area contributed by atoms with Gasteiger partial charge in [-0.2, -0.15) is 0 Å². The predicted molar refractivity (Wildman–Crippen MR) is 87.3 cm³/mol. The Bertz CT molecular complexity index is 648. The topological polar surface area (TPSA) is 50.7 Å². The second-order valence-electron chi connectivity index (χ2n) is 5.28. The number of nitrogens with one attached hydrogen (secondary N) is 1. The second-order valence-corrected chi connectivity index (χ2v) is 5.28. The second kappa shape index (κ2) is 7.94. The van der Waals surface area contributed by atoms with Crippen molar-refractivity contribution in [3.05, 3.63) is 59.4 Å². The van der Waals surface area contributed by atoms with E-state index >= 15 is 0 Å². The lowest BCUT2D eigenvalue weighted by molar-refractivity contribution is 0.166. The van der Waals surface area contributed by atoms with Crippen LogP contribution in [0.2, 0.25) is 0 Å². The standard InChI is InChI=1S/C18H22FNO3/c1-12(14-9-8-13(22-2)10-18(14)23-3)20-11-17(21)15-6-4-5-7-16(15)19/h4-10,12,17,20-21H,11H2,1-3H3. The molecule has 124 valence electrons. The van der Waals surface area contributed by atoms with Crippen LogP contribution in [0.4, 0.5) is 4.39 Å². The first-order valence-electron chi connectivity index (χ1n) is 7.44. The van der Waals surface area contributed by atoms with Crippen molar-refractivity contribution >= 4 is 0 Å². The maximum Gasteiger partial charge on any atom is 0.129 e. The zero-order valence-corrected chi connectivity index (χ0v) is 13.5. The normalized spacial score (nSPS) is 13.4. The highest BCUT2D eigenvalue weighted by atomic mass is 19.1. The Kier molecular flexibility index (Phi) is 5.96. The molecule has 0 saturated carbocycles. The third-order valence-corrected chi connectivity index (χ3v) is 3.79. The smallest absolute Gasteiger partial charge is 0.129 e. The monoisotopic (exact) mass is 319 g/mol. The molecule has 0 bridgehead atoms. The van der Waals surface area contributed by atoms with Crippen LogP contribution >= 0.6 is 0 Å². The maximum absolute atomic E-state index is 13.7. The zero-order chi connectivity index (χ0) is 16.8. The summed E-state index contributed by atoms with van der Waals surface area (Å²) < 4.78 is 24.2. The van der Waals surface area contributed by atoms with Crippen LogP contribution < -0.4 is 14.8 Å². The van der Waals surface area contributed by atoms with Gasteiger partial charge in [0, 0.05) is 29.8 Å². The Morgan fingerprint density at radius 3 is 2.48 bits per heavy atom. The minimum absolute atomic E-state index is 0.0720. The highest BCUT2D eigenvalue weighted by Gasteiger charge is 2.16. The third kappa shape index (κ3) is 4.21. The molecule has 0 aliphatic carbocycles. The summed E-state index contributed by atoms with van der Waals surface area (Å²) >= 11 is 0. The summed E-state index contributed by atoms with van der Waals surface area (Å²) in [6, 6.07) is 11.7. The summed E-state index contributed by atoms with van der Waals surface area (Å²) in [5.41, 5.74) is 1.22. The van der Waals surface area contributed by atoms with E-state index in [1.165, 1.54) is 6.07 Å². The van der Waals surface area contributed by atoms with Crippen LogP contribution in [0.1, 0.15) is 30.2 Å². The van der Waals surface area contributed by atoms with Gasteiger partial charge in [0.2, 0.25) is 0 Å². The average molecular weight is 319 g/mol. The Hall–Kier alpha value is -2.11. The van der Waals surface area contributed by atoms with E-state index in [1.807, 2.05) is 19.1 Å². The first-order chi connectivity index (χ1) is 11.1. The molecule has 0 aliphatic heterocycles. The number of aliphatic hydroxyl groups excluding tert-OH is 1. The molecular weight excluding hydrogens is 297 g/mol. The molecule has 0 aromatic heterocycles. The van der Waals surface area contributed by atoms with Crippen molar-refractivity contribution in [2.75, 3.05) is 20.8 Å². The quantitative estimate of drug-likeness (QED) is 0.823.